The molecular weight excluding hydrogens is 891 g/mol. The minimum absolute atomic E-state index is 0.0703. The summed E-state index contributed by atoms with van der Waals surface area (Å²) in [6, 6.07) is -0.645. The highest BCUT2D eigenvalue weighted by Gasteiger charge is 2.18. The molecule has 2 atom stereocenters. The van der Waals surface area contributed by atoms with Crippen LogP contribution in [-0.2, 0) is 4.79 Å². The summed E-state index contributed by atoms with van der Waals surface area (Å²) in [5, 5.41) is 23.2. The Morgan fingerprint density at radius 2 is 0.534 bits per heavy atom. The van der Waals surface area contributed by atoms with Crippen LogP contribution < -0.4 is 5.32 Å². The van der Waals surface area contributed by atoms with Gasteiger partial charge in [0, 0.05) is 6.42 Å². The average molecular weight is 1020 g/mol. The molecule has 4 heteroatoms. The topological polar surface area (TPSA) is 69.6 Å². The van der Waals surface area contributed by atoms with Crippen LogP contribution >= 0.6 is 0 Å². The monoisotopic (exact) mass is 1020 g/mol. The van der Waals surface area contributed by atoms with Crippen LogP contribution in [0, 0.1) is 0 Å². The molecule has 0 spiro atoms. The van der Waals surface area contributed by atoms with Crippen LogP contribution in [0.25, 0.3) is 0 Å². The van der Waals surface area contributed by atoms with Crippen molar-refractivity contribution in [2.45, 2.75) is 392 Å². The quantitative estimate of drug-likeness (QED) is 0.0420. The Kier molecular flexibility index (Phi) is 63.7. The molecular formula is C69H133NO3. The van der Waals surface area contributed by atoms with Crippen LogP contribution in [0.15, 0.2) is 36.5 Å². The highest BCUT2D eigenvalue weighted by Crippen LogP contribution is 2.19. The Bertz CT molecular complexity index is 1110. The standard InChI is InChI=1S/C69H133NO3/c1-3-5-7-9-11-13-15-17-19-21-23-25-27-28-29-30-31-32-33-34-35-36-37-38-39-40-41-42-43-45-47-49-51-53-55-57-59-61-63-65-69(73)70-67(66-71)68(72)64-62-60-58-56-54-52-50-48-46-44-26-24-22-20-18-16-14-12-10-8-6-4-2/h46,48,54,56,62,64,67-68,71-72H,3-45,47,49-53,55,57-61,63,65-66H2,1-2H3,(H,70,73)/b48-46+,56-54+,64-62+. The number of aliphatic hydroxyl groups is 2. The molecule has 0 aromatic carbocycles. The normalized spacial score (nSPS) is 12.9. The molecule has 0 rings (SSSR count). The molecule has 0 aliphatic heterocycles. The second kappa shape index (κ2) is 64.9. The van der Waals surface area contributed by atoms with Gasteiger partial charge in [0.15, 0.2) is 0 Å². The molecule has 0 fully saturated rings. The summed E-state index contributed by atoms with van der Waals surface area (Å²) in [4.78, 5) is 12.5. The molecule has 0 radical (unpaired) electrons. The van der Waals surface area contributed by atoms with E-state index >= 15 is 0 Å². The summed E-state index contributed by atoms with van der Waals surface area (Å²) in [6.07, 6.45) is 89.5. The van der Waals surface area contributed by atoms with Gasteiger partial charge in [-0.2, -0.15) is 0 Å². The van der Waals surface area contributed by atoms with Gasteiger partial charge in [0.25, 0.3) is 0 Å². The van der Waals surface area contributed by atoms with Crippen molar-refractivity contribution in [2.24, 2.45) is 0 Å². The van der Waals surface area contributed by atoms with E-state index in [9.17, 15) is 15.0 Å². The number of amides is 1. The summed E-state index contributed by atoms with van der Waals surface area (Å²) in [6.45, 7) is 4.34. The van der Waals surface area contributed by atoms with Crippen LogP contribution in [-0.4, -0.2) is 34.9 Å². The number of nitrogens with one attached hydrogen (secondary N) is 1. The molecule has 0 aliphatic rings. The van der Waals surface area contributed by atoms with E-state index in [4.69, 9.17) is 0 Å². The lowest BCUT2D eigenvalue weighted by Crippen LogP contribution is -2.45. The Balaban J connectivity index is 3.41. The fraction of sp³-hybridized carbons (Fsp3) is 0.899. The maximum absolute atomic E-state index is 12.5. The first-order valence-electron chi connectivity index (χ1n) is 33.7. The lowest BCUT2D eigenvalue weighted by molar-refractivity contribution is -0.123. The van der Waals surface area contributed by atoms with Crippen LogP contribution in [0.4, 0.5) is 0 Å². The smallest absolute Gasteiger partial charge is 0.220 e. The van der Waals surface area contributed by atoms with E-state index < -0.39 is 12.1 Å². The van der Waals surface area contributed by atoms with Gasteiger partial charge in [0.05, 0.1) is 18.8 Å². The summed E-state index contributed by atoms with van der Waals surface area (Å²) in [7, 11) is 0. The van der Waals surface area contributed by atoms with Gasteiger partial charge >= 0.3 is 0 Å². The van der Waals surface area contributed by atoms with E-state index in [-0.39, 0.29) is 12.5 Å². The highest BCUT2D eigenvalue weighted by molar-refractivity contribution is 5.76. The van der Waals surface area contributed by atoms with Gasteiger partial charge in [-0.25, -0.2) is 0 Å². The molecule has 3 N–H and O–H groups in total. The first kappa shape index (κ1) is 71.6. The van der Waals surface area contributed by atoms with Crippen molar-refractivity contribution in [2.75, 3.05) is 6.61 Å². The summed E-state index contributed by atoms with van der Waals surface area (Å²) in [5.74, 6) is -0.0703. The van der Waals surface area contributed by atoms with Gasteiger partial charge < -0.3 is 15.5 Å². The van der Waals surface area contributed by atoms with Crippen LogP contribution in [0.1, 0.15) is 380 Å². The fourth-order valence-electron chi connectivity index (χ4n) is 10.7. The third kappa shape index (κ3) is 61.3. The highest BCUT2D eigenvalue weighted by atomic mass is 16.3. The van der Waals surface area contributed by atoms with E-state index in [1.54, 1.807) is 6.08 Å². The van der Waals surface area contributed by atoms with E-state index in [1.807, 2.05) is 6.08 Å². The summed E-state index contributed by atoms with van der Waals surface area (Å²) < 4.78 is 0. The number of carbonyl (C=O) groups excluding carboxylic acids is 1. The Morgan fingerprint density at radius 3 is 0.795 bits per heavy atom. The van der Waals surface area contributed by atoms with E-state index in [0.717, 1.165) is 38.5 Å². The van der Waals surface area contributed by atoms with Crippen LogP contribution in [0.3, 0.4) is 0 Å². The third-order valence-electron chi connectivity index (χ3n) is 15.9. The Morgan fingerprint density at radius 1 is 0.315 bits per heavy atom. The molecule has 2 unspecified atom stereocenters. The molecule has 0 saturated heterocycles. The van der Waals surface area contributed by atoms with Crippen molar-refractivity contribution in [3.05, 3.63) is 36.5 Å². The number of carbonyl (C=O) groups is 1. The van der Waals surface area contributed by atoms with E-state index in [1.165, 1.54) is 321 Å². The Labute approximate surface area is 459 Å². The predicted octanol–water partition coefficient (Wildman–Crippen LogP) is 22.8. The second-order valence-electron chi connectivity index (χ2n) is 23.2. The predicted molar refractivity (Wildman–Crippen MR) is 327 cm³/mol. The molecule has 0 heterocycles. The zero-order chi connectivity index (χ0) is 52.7. The van der Waals surface area contributed by atoms with Gasteiger partial charge in [-0.05, 0) is 44.9 Å². The lowest BCUT2D eigenvalue weighted by atomic mass is 10.0. The molecule has 0 saturated carbocycles. The number of hydrogen-bond acceptors (Lipinski definition) is 3. The first-order chi connectivity index (χ1) is 36.2. The number of aliphatic hydroxyl groups excluding tert-OH is 2. The first-order valence-corrected chi connectivity index (χ1v) is 33.7. The maximum atomic E-state index is 12.5. The molecule has 0 bridgehead atoms. The fourth-order valence-corrected chi connectivity index (χ4v) is 10.7. The SMILES string of the molecule is CCCCCCCCCCCCCC/C=C/CC/C=C/CC/C=C/C(O)C(CO)NC(=O)CCCCCCCCCCCCCCCCCCCCCCCCCCCCCCCCCCCCCCCCC. The molecule has 73 heavy (non-hydrogen) atoms. The van der Waals surface area contributed by atoms with Crippen LogP contribution in [0.2, 0.25) is 0 Å². The molecule has 432 valence electrons. The van der Waals surface area contributed by atoms with Crippen molar-refractivity contribution >= 4 is 5.91 Å². The number of hydrogen-bond donors (Lipinski definition) is 3. The van der Waals surface area contributed by atoms with Gasteiger partial charge in [0.2, 0.25) is 5.91 Å². The summed E-state index contributed by atoms with van der Waals surface area (Å²) >= 11 is 0. The lowest BCUT2D eigenvalue weighted by Gasteiger charge is -2.19. The number of allylic oxidation sites excluding steroid dienone is 5. The average Bonchev–Trinajstić information content (AvgIpc) is 3.40. The largest absolute Gasteiger partial charge is 0.394 e. The van der Waals surface area contributed by atoms with Crippen molar-refractivity contribution in [3.63, 3.8) is 0 Å². The minimum atomic E-state index is -0.870. The molecule has 1 amide bonds. The van der Waals surface area contributed by atoms with Crippen molar-refractivity contribution in [3.8, 4) is 0 Å². The number of unbranched alkanes of at least 4 members (excludes halogenated alkanes) is 52. The van der Waals surface area contributed by atoms with Crippen molar-refractivity contribution in [1.82, 2.24) is 5.32 Å². The summed E-state index contributed by atoms with van der Waals surface area (Å²) in [5.41, 5.74) is 0. The van der Waals surface area contributed by atoms with Crippen molar-refractivity contribution in [1.29, 1.82) is 0 Å². The molecule has 0 aliphatic carbocycles. The van der Waals surface area contributed by atoms with Crippen molar-refractivity contribution < 1.29 is 15.0 Å². The minimum Gasteiger partial charge on any atom is -0.394 e. The molecule has 0 aromatic rings. The van der Waals surface area contributed by atoms with Gasteiger partial charge in [-0.1, -0.05) is 365 Å². The molecule has 4 nitrogen and oxygen atoms in total. The van der Waals surface area contributed by atoms with Gasteiger partial charge in [-0.3, -0.25) is 4.79 Å². The maximum Gasteiger partial charge on any atom is 0.220 e. The van der Waals surface area contributed by atoms with E-state index in [2.05, 4.69) is 43.5 Å². The zero-order valence-corrected chi connectivity index (χ0v) is 49.9. The van der Waals surface area contributed by atoms with E-state index in [0.29, 0.717) is 6.42 Å². The Hall–Kier alpha value is -1.39. The van der Waals surface area contributed by atoms with Gasteiger partial charge in [-0.15, -0.1) is 0 Å². The zero-order valence-electron chi connectivity index (χ0n) is 49.9. The van der Waals surface area contributed by atoms with Crippen LogP contribution in [0.5, 0.6) is 0 Å². The second-order valence-corrected chi connectivity index (χ2v) is 23.2. The number of rotatable bonds is 63. The van der Waals surface area contributed by atoms with Gasteiger partial charge in [0.1, 0.15) is 0 Å². The third-order valence-corrected chi connectivity index (χ3v) is 15.9. The molecule has 0 aromatic heterocycles.